The van der Waals surface area contributed by atoms with Crippen LogP contribution in [0.15, 0.2) is 47.4 Å². The molecule has 2 rings (SSSR count). The SMILES string of the molecule is CCNc1ccc(CSc2cccc(C)c2)cc1[N+](=O)[O-]. The van der Waals surface area contributed by atoms with Crippen LogP contribution in [-0.4, -0.2) is 11.5 Å². The number of benzene rings is 2. The third-order valence-corrected chi connectivity index (χ3v) is 4.09. The van der Waals surface area contributed by atoms with E-state index < -0.39 is 0 Å². The Hall–Kier alpha value is -2.01. The first-order valence-corrected chi connectivity index (χ1v) is 7.79. The van der Waals surface area contributed by atoms with Gasteiger partial charge in [0.25, 0.3) is 5.69 Å². The molecule has 0 bridgehead atoms. The highest BCUT2D eigenvalue weighted by atomic mass is 32.2. The van der Waals surface area contributed by atoms with Gasteiger partial charge in [-0.3, -0.25) is 10.1 Å². The molecule has 5 heteroatoms. The molecule has 0 radical (unpaired) electrons. The van der Waals surface area contributed by atoms with Crippen molar-refractivity contribution in [3.8, 4) is 0 Å². The number of rotatable bonds is 6. The molecule has 0 amide bonds. The Morgan fingerprint density at radius 1 is 1.24 bits per heavy atom. The predicted octanol–water partition coefficient (Wildman–Crippen LogP) is 4.63. The van der Waals surface area contributed by atoms with Crippen molar-refractivity contribution in [2.24, 2.45) is 0 Å². The van der Waals surface area contributed by atoms with Gasteiger partial charge in [-0.1, -0.05) is 23.8 Å². The third-order valence-electron chi connectivity index (χ3n) is 3.02. The summed E-state index contributed by atoms with van der Waals surface area (Å²) < 4.78 is 0. The van der Waals surface area contributed by atoms with Gasteiger partial charge in [0.05, 0.1) is 4.92 Å². The van der Waals surface area contributed by atoms with Crippen LogP contribution in [0.5, 0.6) is 0 Å². The average Bonchev–Trinajstić information content (AvgIpc) is 2.46. The topological polar surface area (TPSA) is 55.2 Å². The molecule has 0 unspecified atom stereocenters. The lowest BCUT2D eigenvalue weighted by molar-refractivity contribution is -0.384. The fourth-order valence-electron chi connectivity index (χ4n) is 2.03. The van der Waals surface area contributed by atoms with Crippen LogP contribution in [0.2, 0.25) is 0 Å². The van der Waals surface area contributed by atoms with Crippen molar-refractivity contribution >= 4 is 23.1 Å². The van der Waals surface area contributed by atoms with Gasteiger partial charge in [-0.05, 0) is 37.6 Å². The van der Waals surface area contributed by atoms with Crippen LogP contribution < -0.4 is 5.32 Å². The molecule has 0 aliphatic rings. The van der Waals surface area contributed by atoms with Crippen LogP contribution in [0.3, 0.4) is 0 Å². The summed E-state index contributed by atoms with van der Waals surface area (Å²) in [5, 5.41) is 14.1. The average molecular weight is 302 g/mol. The number of nitro benzene ring substituents is 1. The number of nitro groups is 1. The van der Waals surface area contributed by atoms with E-state index in [9.17, 15) is 10.1 Å². The molecule has 0 saturated heterocycles. The maximum absolute atomic E-state index is 11.1. The number of aryl methyl sites for hydroxylation is 1. The van der Waals surface area contributed by atoms with Gasteiger partial charge in [0.15, 0.2) is 0 Å². The number of thioether (sulfide) groups is 1. The van der Waals surface area contributed by atoms with Crippen LogP contribution in [-0.2, 0) is 5.75 Å². The van der Waals surface area contributed by atoms with Crippen molar-refractivity contribution in [2.45, 2.75) is 24.5 Å². The van der Waals surface area contributed by atoms with E-state index in [2.05, 4.69) is 30.4 Å². The molecular formula is C16H18N2O2S. The van der Waals surface area contributed by atoms with E-state index >= 15 is 0 Å². The zero-order valence-electron chi connectivity index (χ0n) is 12.1. The van der Waals surface area contributed by atoms with Crippen LogP contribution in [0.4, 0.5) is 11.4 Å². The number of anilines is 1. The van der Waals surface area contributed by atoms with E-state index in [4.69, 9.17) is 0 Å². The lowest BCUT2D eigenvalue weighted by Gasteiger charge is -2.07. The molecule has 0 atom stereocenters. The summed E-state index contributed by atoms with van der Waals surface area (Å²) in [6.07, 6.45) is 0. The van der Waals surface area contributed by atoms with Gasteiger partial charge in [-0.25, -0.2) is 0 Å². The second-order valence-corrected chi connectivity index (χ2v) is 5.79. The summed E-state index contributed by atoms with van der Waals surface area (Å²) in [5.41, 5.74) is 2.88. The Bertz CT molecular complexity index is 644. The minimum Gasteiger partial charge on any atom is -0.380 e. The van der Waals surface area contributed by atoms with Crippen molar-refractivity contribution in [1.29, 1.82) is 0 Å². The van der Waals surface area contributed by atoms with E-state index in [0.717, 1.165) is 11.3 Å². The number of hydrogen-bond donors (Lipinski definition) is 1. The monoisotopic (exact) mass is 302 g/mol. The lowest BCUT2D eigenvalue weighted by Crippen LogP contribution is -2.01. The molecule has 0 fully saturated rings. The molecule has 0 aliphatic carbocycles. The largest absolute Gasteiger partial charge is 0.380 e. The van der Waals surface area contributed by atoms with Crippen molar-refractivity contribution in [1.82, 2.24) is 0 Å². The molecule has 4 nitrogen and oxygen atoms in total. The van der Waals surface area contributed by atoms with Gasteiger partial charge in [0, 0.05) is 23.3 Å². The minimum atomic E-state index is -0.334. The quantitative estimate of drug-likeness (QED) is 0.480. The standard InChI is InChI=1S/C16H18N2O2S/c1-3-17-15-8-7-13(10-16(15)18(19)20)11-21-14-6-4-5-12(2)9-14/h4-10,17H,3,11H2,1-2H3. The molecule has 110 valence electrons. The molecule has 0 aliphatic heterocycles. The first-order chi connectivity index (χ1) is 10.1. The molecule has 0 saturated carbocycles. The van der Waals surface area contributed by atoms with Gasteiger partial charge in [0.1, 0.15) is 5.69 Å². The molecule has 0 heterocycles. The fraction of sp³-hybridized carbons (Fsp3) is 0.250. The first kappa shape index (κ1) is 15.4. The highest BCUT2D eigenvalue weighted by Crippen LogP contribution is 2.29. The summed E-state index contributed by atoms with van der Waals surface area (Å²) in [7, 11) is 0. The van der Waals surface area contributed by atoms with E-state index in [0.29, 0.717) is 12.2 Å². The molecule has 0 spiro atoms. The first-order valence-electron chi connectivity index (χ1n) is 6.81. The number of hydrogen-bond acceptors (Lipinski definition) is 4. The zero-order chi connectivity index (χ0) is 15.2. The molecular weight excluding hydrogens is 284 g/mol. The second kappa shape index (κ2) is 7.13. The Balaban J connectivity index is 2.13. The Morgan fingerprint density at radius 3 is 2.71 bits per heavy atom. The number of nitrogens with zero attached hydrogens (tertiary/aromatic N) is 1. The van der Waals surface area contributed by atoms with Gasteiger partial charge in [0.2, 0.25) is 0 Å². The van der Waals surface area contributed by atoms with Crippen LogP contribution in [0.1, 0.15) is 18.1 Å². The zero-order valence-corrected chi connectivity index (χ0v) is 12.9. The van der Waals surface area contributed by atoms with Crippen molar-refractivity contribution in [3.63, 3.8) is 0 Å². The van der Waals surface area contributed by atoms with Gasteiger partial charge >= 0.3 is 0 Å². The van der Waals surface area contributed by atoms with E-state index in [1.165, 1.54) is 10.5 Å². The maximum atomic E-state index is 11.1. The highest BCUT2D eigenvalue weighted by molar-refractivity contribution is 7.98. The molecule has 2 aromatic carbocycles. The summed E-state index contributed by atoms with van der Waals surface area (Å²) in [6, 6.07) is 13.6. The number of nitrogens with one attached hydrogen (secondary N) is 1. The predicted molar refractivity (Wildman–Crippen MR) is 88.0 cm³/mol. The smallest absolute Gasteiger partial charge is 0.292 e. The van der Waals surface area contributed by atoms with Gasteiger partial charge < -0.3 is 5.32 Å². The summed E-state index contributed by atoms with van der Waals surface area (Å²) in [4.78, 5) is 12.0. The normalized spacial score (nSPS) is 10.4. The fourth-order valence-corrected chi connectivity index (χ4v) is 2.99. The van der Waals surface area contributed by atoms with Crippen LogP contribution in [0.25, 0.3) is 0 Å². The minimum absolute atomic E-state index is 0.138. The molecule has 21 heavy (non-hydrogen) atoms. The Labute approximate surface area is 128 Å². The lowest BCUT2D eigenvalue weighted by atomic mass is 10.2. The van der Waals surface area contributed by atoms with Crippen molar-refractivity contribution < 1.29 is 4.92 Å². The molecule has 2 aromatic rings. The summed E-state index contributed by atoms with van der Waals surface area (Å²) in [5.74, 6) is 0.719. The van der Waals surface area contributed by atoms with E-state index in [1.54, 1.807) is 23.9 Å². The second-order valence-electron chi connectivity index (χ2n) is 4.74. The van der Waals surface area contributed by atoms with Gasteiger partial charge in [-0.2, -0.15) is 0 Å². The van der Waals surface area contributed by atoms with Crippen LogP contribution in [0, 0.1) is 17.0 Å². The van der Waals surface area contributed by atoms with E-state index in [-0.39, 0.29) is 10.6 Å². The van der Waals surface area contributed by atoms with E-state index in [1.807, 2.05) is 19.1 Å². The maximum Gasteiger partial charge on any atom is 0.292 e. The highest BCUT2D eigenvalue weighted by Gasteiger charge is 2.13. The summed E-state index contributed by atoms with van der Waals surface area (Å²) in [6.45, 7) is 4.64. The van der Waals surface area contributed by atoms with Crippen molar-refractivity contribution in [2.75, 3.05) is 11.9 Å². The third kappa shape index (κ3) is 4.23. The van der Waals surface area contributed by atoms with Gasteiger partial charge in [-0.15, -0.1) is 11.8 Å². The van der Waals surface area contributed by atoms with Crippen LogP contribution >= 0.6 is 11.8 Å². The molecule has 1 N–H and O–H groups in total. The van der Waals surface area contributed by atoms with Crippen molar-refractivity contribution in [3.05, 3.63) is 63.7 Å². The Kier molecular flexibility index (Phi) is 5.22. The summed E-state index contributed by atoms with van der Waals surface area (Å²) >= 11 is 1.68. The Morgan fingerprint density at radius 2 is 2.05 bits per heavy atom. The molecule has 0 aromatic heterocycles.